The fraction of sp³-hybridized carbons (Fsp3) is 0.0833. The van der Waals surface area contributed by atoms with Gasteiger partial charge in [-0.25, -0.2) is 9.97 Å². The van der Waals surface area contributed by atoms with E-state index in [0.29, 0.717) is 11.6 Å². The highest BCUT2D eigenvalue weighted by molar-refractivity contribution is 7.13. The van der Waals surface area contributed by atoms with E-state index in [2.05, 4.69) is 25.5 Å². The summed E-state index contributed by atoms with van der Waals surface area (Å²) in [6, 6.07) is 6.76. The Morgan fingerprint density at radius 1 is 1.38 bits per heavy atom. The van der Waals surface area contributed by atoms with Crippen molar-refractivity contribution in [2.24, 2.45) is 0 Å². The van der Waals surface area contributed by atoms with Crippen molar-refractivity contribution in [1.82, 2.24) is 20.2 Å². The van der Waals surface area contributed by atoms with Gasteiger partial charge in [0.1, 0.15) is 5.82 Å². The maximum atomic E-state index is 10.9. The lowest BCUT2D eigenvalue weighted by Crippen LogP contribution is -2.05. The van der Waals surface area contributed by atoms with Crippen molar-refractivity contribution in [3.63, 3.8) is 0 Å². The predicted octanol–water partition coefficient (Wildman–Crippen LogP) is 2.45. The number of H-pyrrole nitrogens is 1. The topological polar surface area (TPSA) is 110 Å². The summed E-state index contributed by atoms with van der Waals surface area (Å²) in [5.41, 5.74) is -0.0736. The van der Waals surface area contributed by atoms with Crippen LogP contribution < -0.4 is 5.32 Å². The summed E-state index contributed by atoms with van der Waals surface area (Å²) in [4.78, 5) is 19.6. The standard InChI is InChI=1S/C12H10N6O2S/c19-18(20)8-3-1-5-13-11(8)14-7-10-15-12(17-16-10)9-4-2-6-21-9/h1-6H,7H2,(H,13,14)(H,15,16,17). The van der Waals surface area contributed by atoms with Crippen LogP contribution in [0.15, 0.2) is 35.8 Å². The fourth-order valence-electron chi connectivity index (χ4n) is 1.74. The molecule has 21 heavy (non-hydrogen) atoms. The van der Waals surface area contributed by atoms with Crippen molar-refractivity contribution in [3.8, 4) is 10.7 Å². The molecule has 0 atom stereocenters. The van der Waals surface area contributed by atoms with E-state index >= 15 is 0 Å². The number of aromatic amines is 1. The summed E-state index contributed by atoms with van der Waals surface area (Å²) >= 11 is 1.54. The van der Waals surface area contributed by atoms with Crippen molar-refractivity contribution in [2.75, 3.05) is 5.32 Å². The van der Waals surface area contributed by atoms with Gasteiger partial charge in [-0.3, -0.25) is 15.2 Å². The van der Waals surface area contributed by atoms with Crippen LogP contribution in [0.5, 0.6) is 0 Å². The zero-order valence-electron chi connectivity index (χ0n) is 10.7. The minimum atomic E-state index is -0.479. The van der Waals surface area contributed by atoms with Gasteiger partial charge in [-0.15, -0.1) is 11.3 Å². The van der Waals surface area contributed by atoms with Crippen LogP contribution in [0.1, 0.15) is 5.82 Å². The number of nitrogens with one attached hydrogen (secondary N) is 2. The van der Waals surface area contributed by atoms with Crippen LogP contribution >= 0.6 is 11.3 Å². The van der Waals surface area contributed by atoms with E-state index in [1.165, 1.54) is 18.3 Å². The highest BCUT2D eigenvalue weighted by atomic mass is 32.1. The molecule has 3 aromatic heterocycles. The normalized spacial score (nSPS) is 10.5. The maximum Gasteiger partial charge on any atom is 0.311 e. The summed E-state index contributed by atoms with van der Waals surface area (Å²) in [6.45, 7) is 0.274. The third-order valence-corrected chi connectivity index (χ3v) is 3.55. The molecule has 0 aromatic carbocycles. The van der Waals surface area contributed by atoms with Gasteiger partial charge in [0.15, 0.2) is 5.82 Å². The SMILES string of the molecule is O=[N+]([O-])c1cccnc1NCc1nc(-c2cccs2)n[nH]1. The lowest BCUT2D eigenvalue weighted by molar-refractivity contribution is -0.384. The van der Waals surface area contributed by atoms with Crippen LogP contribution in [-0.2, 0) is 6.54 Å². The fourth-order valence-corrected chi connectivity index (χ4v) is 2.40. The zero-order chi connectivity index (χ0) is 14.7. The number of nitrogens with zero attached hydrogens (tertiary/aromatic N) is 4. The Kier molecular flexibility index (Phi) is 3.56. The van der Waals surface area contributed by atoms with Gasteiger partial charge in [-0.2, -0.15) is 5.10 Å². The predicted molar refractivity (Wildman–Crippen MR) is 77.9 cm³/mol. The smallest absolute Gasteiger partial charge is 0.311 e. The van der Waals surface area contributed by atoms with Crippen molar-refractivity contribution >= 4 is 22.8 Å². The molecule has 0 saturated carbocycles. The molecule has 0 fully saturated rings. The summed E-state index contributed by atoms with van der Waals surface area (Å²) in [5.74, 6) is 1.40. The number of thiophene rings is 1. The third-order valence-electron chi connectivity index (χ3n) is 2.68. The Labute approximate surface area is 123 Å². The molecule has 9 heteroatoms. The van der Waals surface area contributed by atoms with Gasteiger partial charge in [-0.1, -0.05) is 6.07 Å². The molecular formula is C12H10N6O2S. The summed E-state index contributed by atoms with van der Waals surface area (Å²) in [5, 5.41) is 22.6. The molecule has 2 N–H and O–H groups in total. The van der Waals surface area contributed by atoms with Crippen LogP contribution in [0.3, 0.4) is 0 Å². The number of anilines is 1. The molecule has 3 rings (SSSR count). The lowest BCUT2D eigenvalue weighted by atomic mass is 10.4. The van der Waals surface area contributed by atoms with Gasteiger partial charge in [0, 0.05) is 12.3 Å². The number of rotatable bonds is 5. The molecular weight excluding hydrogens is 292 g/mol. The minimum Gasteiger partial charge on any atom is -0.357 e. The Bertz CT molecular complexity index is 755. The molecule has 8 nitrogen and oxygen atoms in total. The van der Waals surface area contributed by atoms with E-state index in [4.69, 9.17) is 0 Å². The quantitative estimate of drug-likeness (QED) is 0.553. The van der Waals surface area contributed by atoms with Gasteiger partial charge in [0.25, 0.3) is 0 Å². The first-order valence-corrected chi connectivity index (χ1v) is 6.90. The van der Waals surface area contributed by atoms with Gasteiger partial charge in [0.05, 0.1) is 16.3 Å². The number of pyridine rings is 1. The molecule has 0 aliphatic heterocycles. The van der Waals surface area contributed by atoms with E-state index in [9.17, 15) is 10.1 Å². The molecule has 0 aliphatic rings. The minimum absolute atomic E-state index is 0.0736. The number of aromatic nitrogens is 4. The van der Waals surface area contributed by atoms with Gasteiger partial charge in [-0.05, 0) is 17.5 Å². The summed E-state index contributed by atoms with van der Waals surface area (Å²) in [7, 11) is 0. The van der Waals surface area contributed by atoms with Crippen molar-refractivity contribution in [1.29, 1.82) is 0 Å². The van der Waals surface area contributed by atoms with Crippen molar-refractivity contribution in [3.05, 3.63) is 51.8 Å². The summed E-state index contributed by atoms with van der Waals surface area (Å²) < 4.78 is 0. The lowest BCUT2D eigenvalue weighted by Gasteiger charge is -2.03. The average Bonchev–Trinajstić information content (AvgIpc) is 3.16. The Morgan fingerprint density at radius 3 is 3.05 bits per heavy atom. The second kappa shape index (κ2) is 5.67. The van der Waals surface area contributed by atoms with E-state index in [1.54, 1.807) is 11.3 Å². The molecule has 0 amide bonds. The van der Waals surface area contributed by atoms with Gasteiger partial charge < -0.3 is 5.32 Å². The summed E-state index contributed by atoms with van der Waals surface area (Å²) in [6.07, 6.45) is 1.49. The van der Waals surface area contributed by atoms with Crippen LogP contribution in [0.2, 0.25) is 0 Å². The van der Waals surface area contributed by atoms with E-state index < -0.39 is 4.92 Å². The monoisotopic (exact) mass is 302 g/mol. The number of nitro groups is 1. The molecule has 0 radical (unpaired) electrons. The second-order valence-electron chi connectivity index (χ2n) is 4.06. The van der Waals surface area contributed by atoms with Crippen LogP contribution in [0.4, 0.5) is 11.5 Å². The van der Waals surface area contributed by atoms with E-state index in [0.717, 1.165) is 4.88 Å². The molecule has 0 aliphatic carbocycles. The largest absolute Gasteiger partial charge is 0.357 e. The maximum absolute atomic E-state index is 10.9. The first kappa shape index (κ1) is 13.2. The molecule has 3 heterocycles. The van der Waals surface area contributed by atoms with Crippen LogP contribution in [0.25, 0.3) is 10.7 Å². The molecule has 0 bridgehead atoms. The van der Waals surface area contributed by atoms with Crippen molar-refractivity contribution in [2.45, 2.75) is 6.54 Å². The zero-order valence-corrected chi connectivity index (χ0v) is 11.5. The number of hydrogen-bond donors (Lipinski definition) is 2. The highest BCUT2D eigenvalue weighted by Crippen LogP contribution is 2.22. The molecule has 3 aromatic rings. The van der Waals surface area contributed by atoms with Gasteiger partial charge >= 0.3 is 5.69 Å². The van der Waals surface area contributed by atoms with Gasteiger partial charge in [0.2, 0.25) is 5.82 Å². The first-order valence-electron chi connectivity index (χ1n) is 6.02. The van der Waals surface area contributed by atoms with Crippen LogP contribution in [-0.4, -0.2) is 25.1 Å². The van der Waals surface area contributed by atoms with Crippen LogP contribution in [0, 0.1) is 10.1 Å². The number of hydrogen-bond acceptors (Lipinski definition) is 7. The second-order valence-corrected chi connectivity index (χ2v) is 5.01. The molecule has 0 unspecified atom stereocenters. The molecule has 106 valence electrons. The Balaban J connectivity index is 1.73. The van der Waals surface area contributed by atoms with Crippen molar-refractivity contribution < 1.29 is 4.92 Å². The Morgan fingerprint density at radius 2 is 2.29 bits per heavy atom. The highest BCUT2D eigenvalue weighted by Gasteiger charge is 2.14. The molecule has 0 saturated heterocycles. The first-order chi connectivity index (χ1) is 10.2. The van der Waals surface area contributed by atoms with E-state index in [1.807, 2.05) is 17.5 Å². The average molecular weight is 302 g/mol. The Hall–Kier alpha value is -2.81. The third kappa shape index (κ3) is 2.87. The molecule has 0 spiro atoms. The van der Waals surface area contributed by atoms with E-state index in [-0.39, 0.29) is 18.1 Å².